The third kappa shape index (κ3) is 3.68. The summed E-state index contributed by atoms with van der Waals surface area (Å²) in [4.78, 5) is 2.34. The van der Waals surface area contributed by atoms with E-state index in [0.29, 0.717) is 24.4 Å². The van der Waals surface area contributed by atoms with Crippen LogP contribution in [0, 0.1) is 0 Å². The Hall–Kier alpha value is -2.28. The summed E-state index contributed by atoms with van der Waals surface area (Å²) in [6, 6.07) is 14.0. The molecule has 0 saturated heterocycles. The van der Waals surface area contributed by atoms with E-state index in [4.69, 9.17) is 16.3 Å². The summed E-state index contributed by atoms with van der Waals surface area (Å²) in [6.07, 6.45) is 1.70. The zero-order valence-corrected chi connectivity index (χ0v) is 18.2. The van der Waals surface area contributed by atoms with Crippen molar-refractivity contribution in [2.24, 2.45) is 0 Å². The molecule has 152 valence electrons. The number of benzene rings is 2. The highest BCUT2D eigenvalue weighted by Crippen LogP contribution is 2.37. The van der Waals surface area contributed by atoms with Crippen molar-refractivity contribution in [1.82, 2.24) is 8.87 Å². The normalized spacial score (nSPS) is 15.6. The van der Waals surface area contributed by atoms with Gasteiger partial charge in [-0.1, -0.05) is 29.8 Å². The molecule has 0 unspecified atom stereocenters. The first kappa shape index (κ1) is 20.0. The van der Waals surface area contributed by atoms with E-state index in [1.807, 2.05) is 27.0 Å². The van der Waals surface area contributed by atoms with Crippen molar-refractivity contribution in [2.75, 3.05) is 20.1 Å². The quantitative estimate of drug-likeness (QED) is 0.595. The Balaban J connectivity index is 1.96. The second-order valence-electron chi connectivity index (χ2n) is 7.56. The zero-order valence-electron chi connectivity index (χ0n) is 16.6. The Kier molecular flexibility index (Phi) is 5.19. The molecule has 0 amide bonds. The Bertz CT molecular complexity index is 1200. The first-order valence-corrected chi connectivity index (χ1v) is 11.3. The lowest BCUT2D eigenvalue weighted by Gasteiger charge is -2.11. The zero-order chi connectivity index (χ0) is 20.8. The van der Waals surface area contributed by atoms with E-state index in [0.717, 1.165) is 21.6 Å². The molecule has 1 aliphatic rings. The SMILES string of the molecule is CC(C)Oc1ccc2c(c1)c(C1=C(Cl)CN(C)C1)cn2S(=O)(=O)c1ccccc1. The highest BCUT2D eigenvalue weighted by Gasteiger charge is 2.26. The van der Waals surface area contributed by atoms with Gasteiger partial charge in [0.05, 0.1) is 16.5 Å². The van der Waals surface area contributed by atoms with Gasteiger partial charge in [-0.15, -0.1) is 0 Å². The van der Waals surface area contributed by atoms with E-state index >= 15 is 0 Å². The van der Waals surface area contributed by atoms with E-state index in [-0.39, 0.29) is 11.0 Å². The minimum Gasteiger partial charge on any atom is -0.491 e. The molecule has 0 bridgehead atoms. The molecule has 29 heavy (non-hydrogen) atoms. The molecule has 0 N–H and O–H groups in total. The molecule has 0 aliphatic carbocycles. The van der Waals surface area contributed by atoms with Crippen LogP contribution in [0.3, 0.4) is 0 Å². The van der Waals surface area contributed by atoms with Crippen molar-refractivity contribution < 1.29 is 13.2 Å². The number of fused-ring (bicyclic) bond motifs is 1. The van der Waals surface area contributed by atoms with E-state index in [1.165, 1.54) is 3.97 Å². The van der Waals surface area contributed by atoms with Gasteiger partial charge in [0.25, 0.3) is 10.0 Å². The summed E-state index contributed by atoms with van der Waals surface area (Å²) in [5.41, 5.74) is 2.37. The van der Waals surface area contributed by atoms with Gasteiger partial charge in [0.15, 0.2) is 0 Å². The molecular formula is C22H23ClN2O3S. The number of rotatable bonds is 5. The maximum Gasteiger partial charge on any atom is 0.268 e. The Morgan fingerprint density at radius 1 is 1.07 bits per heavy atom. The van der Waals surface area contributed by atoms with Crippen LogP contribution in [0.2, 0.25) is 0 Å². The first-order valence-electron chi connectivity index (χ1n) is 9.46. The molecule has 1 aromatic heterocycles. The van der Waals surface area contributed by atoms with Gasteiger partial charge >= 0.3 is 0 Å². The summed E-state index contributed by atoms with van der Waals surface area (Å²) >= 11 is 6.52. The lowest BCUT2D eigenvalue weighted by Crippen LogP contribution is -2.14. The fourth-order valence-corrected chi connectivity index (χ4v) is 5.40. The van der Waals surface area contributed by atoms with Crippen LogP contribution < -0.4 is 4.74 Å². The number of aromatic nitrogens is 1. The molecule has 5 nitrogen and oxygen atoms in total. The van der Waals surface area contributed by atoms with Gasteiger partial charge in [0.1, 0.15) is 5.75 Å². The monoisotopic (exact) mass is 430 g/mol. The van der Waals surface area contributed by atoms with Gasteiger partial charge in [0.2, 0.25) is 0 Å². The van der Waals surface area contributed by atoms with E-state index in [9.17, 15) is 8.42 Å². The Morgan fingerprint density at radius 2 is 1.79 bits per heavy atom. The summed E-state index contributed by atoms with van der Waals surface area (Å²) in [7, 11) is -1.76. The average molecular weight is 431 g/mol. The number of hydrogen-bond acceptors (Lipinski definition) is 4. The molecule has 3 aromatic rings. The van der Waals surface area contributed by atoms with Gasteiger partial charge in [0, 0.05) is 35.3 Å². The van der Waals surface area contributed by atoms with E-state index < -0.39 is 10.0 Å². The summed E-state index contributed by atoms with van der Waals surface area (Å²) in [5.74, 6) is 0.701. The molecule has 0 saturated carbocycles. The van der Waals surface area contributed by atoms with Crippen LogP contribution >= 0.6 is 11.6 Å². The molecule has 0 spiro atoms. The van der Waals surface area contributed by atoms with Crippen LogP contribution in [0.5, 0.6) is 5.75 Å². The van der Waals surface area contributed by atoms with Crippen molar-refractivity contribution in [3.8, 4) is 5.75 Å². The third-order valence-electron chi connectivity index (χ3n) is 4.90. The summed E-state index contributed by atoms with van der Waals surface area (Å²) in [6.45, 7) is 5.23. The number of likely N-dealkylation sites (N-methyl/N-ethyl adjacent to an activating group) is 1. The molecule has 2 heterocycles. The minimum absolute atomic E-state index is 0.0199. The standard InChI is InChI=1S/C22H23ClN2O3S/c1-15(2)28-16-9-10-22-18(11-16)19(20-12-24(3)14-21(20)23)13-25(22)29(26,27)17-7-5-4-6-8-17/h4-11,13,15H,12,14H2,1-3H3. The predicted molar refractivity (Wildman–Crippen MR) is 117 cm³/mol. The molecule has 7 heteroatoms. The smallest absolute Gasteiger partial charge is 0.268 e. The first-order chi connectivity index (χ1) is 13.8. The van der Waals surface area contributed by atoms with Crippen LogP contribution in [0.25, 0.3) is 16.5 Å². The molecule has 2 aromatic carbocycles. The lowest BCUT2D eigenvalue weighted by atomic mass is 10.1. The average Bonchev–Trinajstić information content (AvgIpc) is 3.21. The third-order valence-corrected chi connectivity index (χ3v) is 6.94. The van der Waals surface area contributed by atoms with Crippen molar-refractivity contribution >= 4 is 38.1 Å². The summed E-state index contributed by atoms with van der Waals surface area (Å²) in [5, 5.41) is 1.55. The second-order valence-corrected chi connectivity index (χ2v) is 9.83. The van der Waals surface area contributed by atoms with E-state index in [1.54, 1.807) is 48.7 Å². The Labute approximate surface area is 176 Å². The van der Waals surface area contributed by atoms with Crippen LogP contribution in [0.15, 0.2) is 64.7 Å². The van der Waals surface area contributed by atoms with Gasteiger partial charge in [-0.25, -0.2) is 12.4 Å². The van der Waals surface area contributed by atoms with Crippen molar-refractivity contribution in [1.29, 1.82) is 0 Å². The van der Waals surface area contributed by atoms with E-state index in [2.05, 4.69) is 4.90 Å². The molecule has 0 fully saturated rings. The van der Waals surface area contributed by atoms with Gasteiger partial charge < -0.3 is 4.74 Å². The van der Waals surface area contributed by atoms with Crippen LogP contribution in [0.1, 0.15) is 19.4 Å². The number of hydrogen-bond donors (Lipinski definition) is 0. The van der Waals surface area contributed by atoms with Crippen LogP contribution in [0.4, 0.5) is 0 Å². The topological polar surface area (TPSA) is 51.5 Å². The van der Waals surface area contributed by atoms with Gasteiger partial charge in [-0.3, -0.25) is 4.90 Å². The molecule has 1 aliphatic heterocycles. The van der Waals surface area contributed by atoms with Gasteiger partial charge in [-0.05, 0) is 56.8 Å². The molecule has 0 radical (unpaired) electrons. The maximum atomic E-state index is 13.4. The molecule has 0 atom stereocenters. The number of nitrogens with zero attached hydrogens (tertiary/aromatic N) is 2. The van der Waals surface area contributed by atoms with Gasteiger partial charge in [-0.2, -0.15) is 0 Å². The fraction of sp³-hybridized carbons (Fsp3) is 0.273. The number of ether oxygens (including phenoxy) is 1. The maximum absolute atomic E-state index is 13.4. The summed E-state index contributed by atoms with van der Waals surface area (Å²) < 4.78 is 33.9. The fourth-order valence-electron chi connectivity index (χ4n) is 3.65. The predicted octanol–water partition coefficient (Wildman–Crippen LogP) is 4.56. The molecule has 4 rings (SSSR count). The van der Waals surface area contributed by atoms with Crippen LogP contribution in [-0.2, 0) is 10.0 Å². The lowest BCUT2D eigenvalue weighted by molar-refractivity contribution is 0.243. The van der Waals surface area contributed by atoms with Crippen molar-refractivity contribution in [3.63, 3.8) is 0 Å². The molecular weight excluding hydrogens is 408 g/mol. The van der Waals surface area contributed by atoms with Crippen molar-refractivity contribution in [2.45, 2.75) is 24.8 Å². The number of halogens is 1. The highest BCUT2D eigenvalue weighted by atomic mass is 35.5. The van der Waals surface area contributed by atoms with Crippen LogP contribution in [-0.4, -0.2) is 43.5 Å². The van der Waals surface area contributed by atoms with Crippen molar-refractivity contribution in [3.05, 3.63) is 65.3 Å². The Morgan fingerprint density at radius 3 is 2.41 bits per heavy atom. The highest BCUT2D eigenvalue weighted by molar-refractivity contribution is 7.90. The second kappa shape index (κ2) is 7.52. The minimum atomic E-state index is -3.74. The largest absolute Gasteiger partial charge is 0.491 e.